The summed E-state index contributed by atoms with van der Waals surface area (Å²) in [6.07, 6.45) is 9.40. The molecule has 27 heavy (non-hydrogen) atoms. The third-order valence-corrected chi connectivity index (χ3v) is 5.50. The molecule has 1 saturated heterocycles. The molecule has 0 amide bonds. The van der Waals surface area contributed by atoms with Crippen molar-refractivity contribution < 1.29 is 9.47 Å². The number of benzene rings is 1. The number of piperidine rings is 1. The number of methoxy groups -OCH3 is 1. The molecular weight excluding hydrogens is 338 g/mol. The van der Waals surface area contributed by atoms with E-state index in [1.807, 2.05) is 31.3 Å². The molecular formula is C22H27N3O2. The monoisotopic (exact) mass is 365 g/mol. The zero-order chi connectivity index (χ0) is 18.7. The van der Waals surface area contributed by atoms with E-state index in [2.05, 4.69) is 28.1 Å². The van der Waals surface area contributed by atoms with E-state index < -0.39 is 0 Å². The molecule has 1 spiro atoms. The highest BCUT2D eigenvalue weighted by Crippen LogP contribution is 2.39. The first-order valence-electron chi connectivity index (χ1n) is 9.69. The highest BCUT2D eigenvalue weighted by molar-refractivity contribution is 5.57. The molecule has 4 rings (SSSR count). The van der Waals surface area contributed by atoms with Crippen molar-refractivity contribution in [3.8, 4) is 5.75 Å². The Labute approximate surface area is 161 Å². The Hall–Kier alpha value is -2.24. The number of hydrogen-bond donors (Lipinski definition) is 0. The van der Waals surface area contributed by atoms with E-state index in [0.29, 0.717) is 0 Å². The number of ether oxygens (including phenoxy) is 2. The second-order valence-electron chi connectivity index (χ2n) is 7.37. The number of rotatable bonds is 4. The molecule has 0 aliphatic carbocycles. The molecule has 0 saturated carbocycles. The lowest BCUT2D eigenvalue weighted by molar-refractivity contribution is -0.105. The fourth-order valence-corrected chi connectivity index (χ4v) is 4.20. The van der Waals surface area contributed by atoms with Crippen molar-refractivity contribution in [2.45, 2.75) is 31.8 Å². The number of likely N-dealkylation sites (tertiary alicyclic amines) is 1. The highest BCUT2D eigenvalue weighted by Gasteiger charge is 2.42. The van der Waals surface area contributed by atoms with Gasteiger partial charge in [-0.2, -0.15) is 0 Å². The first-order valence-corrected chi connectivity index (χ1v) is 9.69. The minimum Gasteiger partial charge on any atom is -0.496 e. The van der Waals surface area contributed by atoms with Gasteiger partial charge in [0.2, 0.25) is 0 Å². The van der Waals surface area contributed by atoms with E-state index in [0.717, 1.165) is 68.3 Å². The van der Waals surface area contributed by atoms with Crippen molar-refractivity contribution in [1.82, 2.24) is 14.9 Å². The lowest BCUT2D eigenvalue weighted by atomic mass is 9.84. The Morgan fingerprint density at radius 3 is 3.11 bits per heavy atom. The molecule has 1 aromatic carbocycles. The predicted molar refractivity (Wildman–Crippen MR) is 106 cm³/mol. The number of nitrogens with zero attached hydrogens (tertiary/aromatic N) is 3. The lowest BCUT2D eigenvalue weighted by Crippen LogP contribution is -2.50. The van der Waals surface area contributed by atoms with Crippen LogP contribution < -0.4 is 4.74 Å². The maximum atomic E-state index is 6.34. The Morgan fingerprint density at radius 1 is 1.33 bits per heavy atom. The van der Waals surface area contributed by atoms with Crippen molar-refractivity contribution in [3.63, 3.8) is 0 Å². The second kappa shape index (κ2) is 7.79. The maximum Gasteiger partial charge on any atom is 0.126 e. The third kappa shape index (κ3) is 3.75. The maximum absolute atomic E-state index is 6.34. The Balaban J connectivity index is 1.49. The Kier molecular flexibility index (Phi) is 5.23. The van der Waals surface area contributed by atoms with Crippen LogP contribution in [0.25, 0.3) is 6.08 Å². The van der Waals surface area contributed by atoms with Crippen LogP contribution in [0.1, 0.15) is 35.5 Å². The molecule has 0 N–H and O–H groups in total. The van der Waals surface area contributed by atoms with Crippen molar-refractivity contribution in [3.05, 3.63) is 59.2 Å². The van der Waals surface area contributed by atoms with Gasteiger partial charge in [0.05, 0.1) is 19.4 Å². The van der Waals surface area contributed by atoms with Crippen molar-refractivity contribution in [1.29, 1.82) is 0 Å². The van der Waals surface area contributed by atoms with Crippen molar-refractivity contribution in [2.24, 2.45) is 0 Å². The molecule has 1 atom stereocenters. The van der Waals surface area contributed by atoms with Crippen LogP contribution in [0.4, 0.5) is 0 Å². The van der Waals surface area contributed by atoms with Crippen LogP contribution in [-0.4, -0.2) is 48.2 Å². The summed E-state index contributed by atoms with van der Waals surface area (Å²) in [5, 5.41) is 0. The molecule has 2 aromatic rings. The van der Waals surface area contributed by atoms with E-state index >= 15 is 0 Å². The number of aromatic nitrogens is 2. The standard InChI is InChI=1S/C22H27N3O2/c1-17-23-15-19-10-14-27-22(21(19)24-17)11-6-13-25(16-22)12-5-8-18-7-3-4-9-20(18)26-2/h3-5,7-9,15H,6,10-14,16H2,1-2H3/b8-5+. The van der Waals surface area contributed by atoms with E-state index in [4.69, 9.17) is 14.5 Å². The molecule has 5 nitrogen and oxygen atoms in total. The molecule has 3 heterocycles. The molecule has 142 valence electrons. The molecule has 2 aliphatic rings. The first kappa shape index (κ1) is 18.1. The SMILES string of the molecule is COc1ccccc1/C=C/CN1CCCC2(C1)OCCc1cnc(C)nc12. The molecule has 1 fully saturated rings. The summed E-state index contributed by atoms with van der Waals surface area (Å²) in [5.74, 6) is 1.73. The zero-order valence-corrected chi connectivity index (χ0v) is 16.1. The summed E-state index contributed by atoms with van der Waals surface area (Å²) in [5.41, 5.74) is 3.19. The van der Waals surface area contributed by atoms with Gasteiger partial charge in [0.1, 0.15) is 17.2 Å². The van der Waals surface area contributed by atoms with E-state index in [1.165, 1.54) is 5.56 Å². The van der Waals surface area contributed by atoms with Gasteiger partial charge < -0.3 is 9.47 Å². The summed E-state index contributed by atoms with van der Waals surface area (Å²) in [4.78, 5) is 11.6. The van der Waals surface area contributed by atoms with Crippen LogP contribution >= 0.6 is 0 Å². The van der Waals surface area contributed by atoms with Gasteiger partial charge >= 0.3 is 0 Å². The fourth-order valence-electron chi connectivity index (χ4n) is 4.20. The smallest absolute Gasteiger partial charge is 0.126 e. The molecule has 2 aliphatic heterocycles. The Morgan fingerprint density at radius 2 is 2.22 bits per heavy atom. The summed E-state index contributed by atoms with van der Waals surface area (Å²) in [7, 11) is 1.71. The fraction of sp³-hybridized carbons (Fsp3) is 0.455. The van der Waals surface area contributed by atoms with Gasteiger partial charge in [-0.05, 0) is 44.4 Å². The normalized spacial score (nSPS) is 22.9. The summed E-state index contributed by atoms with van der Waals surface area (Å²) in [6.45, 7) is 5.57. The van der Waals surface area contributed by atoms with Crippen molar-refractivity contribution >= 4 is 6.08 Å². The molecule has 0 bridgehead atoms. The molecule has 1 aromatic heterocycles. The van der Waals surface area contributed by atoms with Crippen LogP contribution in [-0.2, 0) is 16.8 Å². The summed E-state index contributed by atoms with van der Waals surface area (Å²) >= 11 is 0. The van der Waals surface area contributed by atoms with Crippen LogP contribution in [0.3, 0.4) is 0 Å². The Bertz CT molecular complexity index is 836. The summed E-state index contributed by atoms with van der Waals surface area (Å²) in [6, 6.07) is 8.09. The average Bonchev–Trinajstić information content (AvgIpc) is 2.69. The van der Waals surface area contributed by atoms with Gasteiger partial charge in [-0.25, -0.2) is 9.97 Å². The lowest BCUT2D eigenvalue weighted by Gasteiger charge is -2.44. The topological polar surface area (TPSA) is 47.5 Å². The summed E-state index contributed by atoms with van der Waals surface area (Å²) < 4.78 is 11.8. The van der Waals surface area contributed by atoms with Crippen LogP contribution in [0.15, 0.2) is 36.5 Å². The highest BCUT2D eigenvalue weighted by atomic mass is 16.5. The van der Waals surface area contributed by atoms with Crippen LogP contribution in [0.2, 0.25) is 0 Å². The van der Waals surface area contributed by atoms with Crippen LogP contribution in [0.5, 0.6) is 5.75 Å². The van der Waals surface area contributed by atoms with E-state index in [-0.39, 0.29) is 5.60 Å². The first-order chi connectivity index (χ1) is 13.2. The predicted octanol–water partition coefficient (Wildman–Crippen LogP) is 3.37. The van der Waals surface area contributed by atoms with Gasteiger partial charge in [0.25, 0.3) is 0 Å². The van der Waals surface area contributed by atoms with Gasteiger partial charge in [-0.3, -0.25) is 4.90 Å². The molecule has 0 radical (unpaired) electrons. The quantitative estimate of drug-likeness (QED) is 0.831. The van der Waals surface area contributed by atoms with Gasteiger partial charge in [0.15, 0.2) is 0 Å². The third-order valence-electron chi connectivity index (χ3n) is 5.50. The van der Waals surface area contributed by atoms with Gasteiger partial charge in [0, 0.05) is 24.8 Å². The van der Waals surface area contributed by atoms with Gasteiger partial charge in [-0.1, -0.05) is 30.4 Å². The minimum absolute atomic E-state index is 0.280. The van der Waals surface area contributed by atoms with E-state index in [1.54, 1.807) is 7.11 Å². The number of aryl methyl sites for hydroxylation is 1. The average molecular weight is 365 g/mol. The minimum atomic E-state index is -0.280. The van der Waals surface area contributed by atoms with E-state index in [9.17, 15) is 0 Å². The van der Waals surface area contributed by atoms with Gasteiger partial charge in [-0.15, -0.1) is 0 Å². The van der Waals surface area contributed by atoms with Crippen LogP contribution in [0, 0.1) is 6.92 Å². The number of fused-ring (bicyclic) bond motifs is 2. The molecule has 5 heteroatoms. The van der Waals surface area contributed by atoms with Crippen molar-refractivity contribution in [2.75, 3.05) is 33.4 Å². The molecule has 1 unspecified atom stereocenters. The largest absolute Gasteiger partial charge is 0.496 e. The number of hydrogen-bond acceptors (Lipinski definition) is 5. The second-order valence-corrected chi connectivity index (χ2v) is 7.37. The zero-order valence-electron chi connectivity index (χ0n) is 16.1. The number of para-hydroxylation sites is 1.